The van der Waals surface area contributed by atoms with Crippen LogP contribution in [0.4, 0.5) is 0 Å². The summed E-state index contributed by atoms with van der Waals surface area (Å²) in [7, 11) is 0.728. The van der Waals surface area contributed by atoms with Crippen molar-refractivity contribution in [3.63, 3.8) is 0 Å². The average Bonchev–Trinajstić information content (AvgIpc) is 3.63. The van der Waals surface area contributed by atoms with Gasteiger partial charge >= 0.3 is 0 Å². The maximum absolute atomic E-state index is 12.6. The van der Waals surface area contributed by atoms with Gasteiger partial charge in [-0.05, 0) is 73.9 Å². The number of aromatic nitrogens is 4. The Hall–Kier alpha value is -2.59. The van der Waals surface area contributed by atoms with Gasteiger partial charge in [0.1, 0.15) is 11.6 Å². The van der Waals surface area contributed by atoms with Crippen molar-refractivity contribution in [2.24, 2.45) is 11.8 Å². The lowest BCUT2D eigenvalue weighted by Gasteiger charge is -2.26. The molecule has 2 fully saturated rings. The van der Waals surface area contributed by atoms with Crippen LogP contribution in [0.2, 0.25) is 0 Å². The third kappa shape index (κ3) is 9.14. The first-order valence-corrected chi connectivity index (χ1v) is 21.2. The minimum absolute atomic E-state index is 0.0906. The Balaban J connectivity index is 0.000000199. The van der Waals surface area contributed by atoms with Crippen LogP contribution < -0.4 is 0 Å². The van der Waals surface area contributed by atoms with Crippen LogP contribution in [-0.2, 0) is 57.3 Å². The number of benzene rings is 2. The molecular formula is C36H52ClN5O7S2. The molecule has 282 valence electrons. The Morgan fingerprint density at radius 1 is 0.745 bits per heavy atom. The first kappa shape index (κ1) is 39.6. The van der Waals surface area contributed by atoms with Crippen molar-refractivity contribution in [2.45, 2.75) is 101 Å². The van der Waals surface area contributed by atoms with E-state index < -0.39 is 19.1 Å². The van der Waals surface area contributed by atoms with Gasteiger partial charge in [-0.3, -0.25) is 4.84 Å². The van der Waals surface area contributed by atoms with Crippen molar-refractivity contribution < 1.29 is 31.1 Å². The van der Waals surface area contributed by atoms with Crippen LogP contribution in [0.1, 0.15) is 78.9 Å². The molecule has 12 nitrogen and oxygen atoms in total. The monoisotopic (exact) mass is 765 g/mol. The second-order valence-corrected chi connectivity index (χ2v) is 20.0. The highest BCUT2D eigenvalue weighted by Crippen LogP contribution is 2.32. The Morgan fingerprint density at radius 3 is 1.51 bits per heavy atom. The molecular weight excluding hydrogens is 714 g/mol. The highest BCUT2D eigenvalue weighted by molar-refractivity contribution is 8.13. The highest BCUT2D eigenvalue weighted by atomic mass is 35.7. The van der Waals surface area contributed by atoms with Gasteiger partial charge in [0.15, 0.2) is 0 Å². The molecule has 6 rings (SSSR count). The van der Waals surface area contributed by atoms with Gasteiger partial charge in [0.05, 0.1) is 39.0 Å². The van der Waals surface area contributed by atoms with E-state index in [2.05, 4.69) is 50.7 Å². The average molecular weight is 766 g/mol. The largest absolute Gasteiger partial charge is 0.381 e. The van der Waals surface area contributed by atoms with Crippen molar-refractivity contribution in [3.05, 3.63) is 48.0 Å². The van der Waals surface area contributed by atoms with Crippen LogP contribution in [-0.4, -0.2) is 81.0 Å². The van der Waals surface area contributed by atoms with E-state index in [1.54, 1.807) is 24.3 Å². The first-order valence-electron chi connectivity index (χ1n) is 17.5. The van der Waals surface area contributed by atoms with Gasteiger partial charge in [-0.15, -0.1) is 0 Å². The normalized spacial score (nSPS) is 17.3. The molecule has 0 amide bonds. The first-order chi connectivity index (χ1) is 23.8. The summed E-state index contributed by atoms with van der Waals surface area (Å²) < 4.78 is 64.6. The summed E-state index contributed by atoms with van der Waals surface area (Å²) in [6.07, 6.45) is 4.15. The summed E-state index contributed by atoms with van der Waals surface area (Å²) in [4.78, 5) is 14.7. The number of imidazole rings is 2. The fourth-order valence-electron chi connectivity index (χ4n) is 6.67. The molecule has 0 atom stereocenters. The number of hydroxylamine groups is 1. The Bertz CT molecular complexity index is 2050. The summed E-state index contributed by atoms with van der Waals surface area (Å²) in [5.74, 6) is 3.03. The zero-order valence-electron chi connectivity index (χ0n) is 31.0. The molecule has 2 saturated heterocycles. The van der Waals surface area contributed by atoms with Gasteiger partial charge in [-0.25, -0.2) is 26.8 Å². The van der Waals surface area contributed by atoms with E-state index in [9.17, 15) is 16.8 Å². The van der Waals surface area contributed by atoms with Crippen molar-refractivity contribution in [3.8, 4) is 0 Å². The number of fused-ring (bicyclic) bond motifs is 2. The standard InChI is InChI=1S/C19H29N3O4S.C17H23ClN2O3S/c1-19(2,3)18-20-16-12-15(27(23,24)21(4)25-5)6-7-17(16)22(18)13-14-8-10-26-11-9-14;1-17(2,3)16-19-14-10-13(24(18,21)22)4-5-15(14)20(16)11-12-6-8-23-9-7-12/h6-7,12,14H,8-11,13H2,1-5H3;4-5,10,12H,6-9,11H2,1-3H3. The lowest BCUT2D eigenvalue weighted by atomic mass is 9.94. The summed E-state index contributed by atoms with van der Waals surface area (Å²) in [6, 6.07) is 10.0. The van der Waals surface area contributed by atoms with Crippen LogP contribution in [0.3, 0.4) is 0 Å². The summed E-state index contributed by atoms with van der Waals surface area (Å²) in [6.45, 7) is 17.7. The molecule has 4 heterocycles. The second-order valence-electron chi connectivity index (χ2n) is 15.5. The van der Waals surface area contributed by atoms with Crippen molar-refractivity contribution in [1.82, 2.24) is 23.6 Å². The van der Waals surface area contributed by atoms with Crippen LogP contribution in [0, 0.1) is 11.8 Å². The van der Waals surface area contributed by atoms with E-state index in [1.807, 2.05) is 12.1 Å². The molecule has 2 aromatic heterocycles. The van der Waals surface area contributed by atoms with Gasteiger partial charge < -0.3 is 18.6 Å². The van der Waals surface area contributed by atoms with Gasteiger partial charge in [-0.2, -0.15) is 0 Å². The summed E-state index contributed by atoms with van der Waals surface area (Å²) >= 11 is 0. The van der Waals surface area contributed by atoms with Crippen molar-refractivity contribution >= 4 is 51.8 Å². The molecule has 0 bridgehead atoms. The number of rotatable bonds is 8. The zero-order chi connectivity index (χ0) is 37.4. The zero-order valence-corrected chi connectivity index (χ0v) is 33.4. The molecule has 2 aliphatic heterocycles. The predicted molar refractivity (Wildman–Crippen MR) is 199 cm³/mol. The second kappa shape index (κ2) is 15.4. The molecule has 51 heavy (non-hydrogen) atoms. The Labute approximate surface area is 306 Å². The number of halogens is 1. The summed E-state index contributed by atoms with van der Waals surface area (Å²) in [5, 5.41) is 0. The van der Waals surface area contributed by atoms with Crippen molar-refractivity contribution in [2.75, 3.05) is 40.6 Å². The number of hydrogen-bond donors (Lipinski definition) is 0. The van der Waals surface area contributed by atoms with Crippen molar-refractivity contribution in [1.29, 1.82) is 0 Å². The van der Waals surface area contributed by atoms with Gasteiger partial charge in [0.2, 0.25) is 0 Å². The van der Waals surface area contributed by atoms with Crippen LogP contribution >= 0.6 is 10.7 Å². The lowest BCUT2D eigenvalue weighted by Crippen LogP contribution is -2.25. The quantitative estimate of drug-likeness (QED) is 0.143. The molecule has 0 spiro atoms. The molecule has 0 aliphatic carbocycles. The minimum Gasteiger partial charge on any atom is -0.381 e. The van der Waals surface area contributed by atoms with Gasteiger partial charge in [-0.1, -0.05) is 46.0 Å². The van der Waals surface area contributed by atoms with Crippen LogP contribution in [0.5, 0.6) is 0 Å². The smallest absolute Gasteiger partial charge is 0.264 e. The minimum atomic E-state index is -3.75. The molecule has 0 N–H and O–H groups in total. The maximum Gasteiger partial charge on any atom is 0.264 e. The van der Waals surface area contributed by atoms with E-state index in [0.717, 1.165) is 92.4 Å². The molecule has 0 unspecified atom stereocenters. The van der Waals surface area contributed by atoms with E-state index in [-0.39, 0.29) is 20.6 Å². The highest BCUT2D eigenvalue weighted by Gasteiger charge is 2.29. The maximum atomic E-state index is 12.6. The van der Waals surface area contributed by atoms with E-state index in [1.165, 1.54) is 14.2 Å². The molecule has 15 heteroatoms. The number of sulfonamides is 1. The third-order valence-electron chi connectivity index (χ3n) is 9.52. The molecule has 4 aromatic rings. The number of ether oxygens (including phenoxy) is 2. The Morgan fingerprint density at radius 2 is 1.14 bits per heavy atom. The fraction of sp³-hybridized carbons (Fsp3) is 0.611. The lowest BCUT2D eigenvalue weighted by molar-refractivity contribution is -0.0258. The topological polar surface area (TPSA) is 135 Å². The molecule has 2 aromatic carbocycles. The Kier molecular flexibility index (Phi) is 12.0. The van der Waals surface area contributed by atoms with E-state index in [0.29, 0.717) is 22.9 Å². The van der Waals surface area contributed by atoms with E-state index in [4.69, 9.17) is 35.0 Å². The molecule has 0 radical (unpaired) electrons. The molecule has 0 saturated carbocycles. The van der Waals surface area contributed by atoms with Gasteiger partial charge in [0, 0.05) is 68.1 Å². The van der Waals surface area contributed by atoms with E-state index >= 15 is 0 Å². The molecule has 2 aliphatic rings. The SMILES string of the molecule is CC(C)(C)c1nc2cc(S(=O)(=O)Cl)ccc2n1CC1CCOCC1.CON(C)S(=O)(=O)c1ccc2c(c1)nc(C(C)(C)C)n2CC1CCOCC1. The van der Waals surface area contributed by atoms with Crippen LogP contribution in [0.15, 0.2) is 46.2 Å². The number of hydrogen-bond acceptors (Lipinski definition) is 9. The fourth-order valence-corrected chi connectivity index (χ4v) is 8.43. The number of nitrogens with zero attached hydrogens (tertiary/aromatic N) is 5. The third-order valence-corrected chi connectivity index (χ3v) is 12.5. The van der Waals surface area contributed by atoms with Gasteiger partial charge in [0.25, 0.3) is 19.1 Å². The van der Waals surface area contributed by atoms with Crippen LogP contribution in [0.25, 0.3) is 22.1 Å². The summed E-state index contributed by atoms with van der Waals surface area (Å²) in [5.41, 5.74) is 3.00. The predicted octanol–water partition coefficient (Wildman–Crippen LogP) is 6.63.